The molecule has 4 heteroatoms. The molecule has 1 atom stereocenters. The van der Waals surface area contributed by atoms with Crippen LogP contribution in [0.5, 0.6) is 0 Å². The molecule has 0 spiro atoms. The molecule has 1 unspecified atom stereocenters. The van der Waals surface area contributed by atoms with Crippen molar-refractivity contribution >= 4 is 11.0 Å². The summed E-state index contributed by atoms with van der Waals surface area (Å²) in [5.74, 6) is 2.41. The number of fused-ring (bicyclic) bond motifs is 1. The molecule has 3 nitrogen and oxygen atoms in total. The Morgan fingerprint density at radius 1 is 1.27 bits per heavy atom. The molecule has 0 bridgehead atoms. The second kappa shape index (κ2) is 5.65. The minimum Gasteiger partial charge on any atom is -0.314 e. The third-order valence-corrected chi connectivity index (χ3v) is 5.09. The van der Waals surface area contributed by atoms with Crippen molar-refractivity contribution in [1.29, 1.82) is 0 Å². The van der Waals surface area contributed by atoms with Gasteiger partial charge in [0.25, 0.3) is 0 Å². The van der Waals surface area contributed by atoms with E-state index < -0.39 is 0 Å². The fourth-order valence-electron chi connectivity index (χ4n) is 3.81. The van der Waals surface area contributed by atoms with E-state index in [0.29, 0.717) is 5.92 Å². The monoisotopic (exact) mass is 301 g/mol. The van der Waals surface area contributed by atoms with Gasteiger partial charge in [-0.25, -0.2) is 9.37 Å². The summed E-state index contributed by atoms with van der Waals surface area (Å²) in [6.07, 6.45) is 6.38. The predicted molar refractivity (Wildman–Crippen MR) is 86.3 cm³/mol. The first-order chi connectivity index (χ1) is 10.7. The summed E-state index contributed by atoms with van der Waals surface area (Å²) in [7, 11) is 0. The quantitative estimate of drug-likeness (QED) is 0.828. The Morgan fingerprint density at radius 2 is 2.14 bits per heavy atom. The van der Waals surface area contributed by atoms with E-state index in [1.54, 1.807) is 12.1 Å². The van der Waals surface area contributed by atoms with Gasteiger partial charge in [0.15, 0.2) is 0 Å². The molecule has 2 aromatic rings. The van der Waals surface area contributed by atoms with Crippen molar-refractivity contribution in [2.24, 2.45) is 5.92 Å². The summed E-state index contributed by atoms with van der Waals surface area (Å²) in [6, 6.07) is 5.02. The van der Waals surface area contributed by atoms with Crippen molar-refractivity contribution in [3.05, 3.63) is 29.8 Å². The van der Waals surface area contributed by atoms with Gasteiger partial charge in [-0.2, -0.15) is 0 Å². The maximum atomic E-state index is 13.5. The lowest BCUT2D eigenvalue weighted by Gasteiger charge is -2.19. The van der Waals surface area contributed by atoms with Crippen LogP contribution < -0.4 is 0 Å². The summed E-state index contributed by atoms with van der Waals surface area (Å²) in [5, 5.41) is 0. The fraction of sp³-hybridized carbons (Fsp3) is 0.611. The summed E-state index contributed by atoms with van der Waals surface area (Å²) >= 11 is 0. The van der Waals surface area contributed by atoms with Crippen LogP contribution in [0.2, 0.25) is 0 Å². The van der Waals surface area contributed by atoms with E-state index in [-0.39, 0.29) is 5.82 Å². The maximum Gasteiger partial charge on any atom is 0.125 e. The number of imidazole rings is 1. The molecule has 0 amide bonds. The highest BCUT2D eigenvalue weighted by Crippen LogP contribution is 2.41. The number of aromatic nitrogens is 2. The average Bonchev–Trinajstić information content (AvgIpc) is 3.16. The molecule has 22 heavy (non-hydrogen) atoms. The van der Waals surface area contributed by atoms with E-state index in [1.807, 2.05) is 6.07 Å². The molecule has 1 aliphatic heterocycles. The highest BCUT2D eigenvalue weighted by Gasteiger charge is 2.31. The highest BCUT2D eigenvalue weighted by molar-refractivity contribution is 5.76. The summed E-state index contributed by atoms with van der Waals surface area (Å²) in [6.45, 7) is 5.55. The van der Waals surface area contributed by atoms with Crippen molar-refractivity contribution in [3.63, 3.8) is 0 Å². The zero-order chi connectivity index (χ0) is 15.1. The number of halogens is 1. The molecule has 0 N–H and O–H groups in total. The molecule has 1 aromatic heterocycles. The van der Waals surface area contributed by atoms with Crippen molar-refractivity contribution in [3.8, 4) is 0 Å². The van der Waals surface area contributed by atoms with Crippen LogP contribution in [-0.2, 0) is 6.67 Å². The number of hydrogen-bond donors (Lipinski definition) is 0. The zero-order valence-electron chi connectivity index (χ0n) is 13.3. The van der Waals surface area contributed by atoms with E-state index in [0.717, 1.165) is 23.6 Å². The van der Waals surface area contributed by atoms with Gasteiger partial charge in [0, 0.05) is 25.1 Å². The highest BCUT2D eigenvalue weighted by atomic mass is 19.1. The Bertz CT molecular complexity index is 674. The van der Waals surface area contributed by atoms with Crippen LogP contribution in [0, 0.1) is 11.7 Å². The second-order valence-electron chi connectivity index (χ2n) is 6.97. The number of likely N-dealkylation sites (tertiary alicyclic amines) is 1. The molecular weight excluding hydrogens is 277 g/mol. The summed E-state index contributed by atoms with van der Waals surface area (Å²) < 4.78 is 15.8. The summed E-state index contributed by atoms with van der Waals surface area (Å²) in [4.78, 5) is 7.27. The Hall–Kier alpha value is -1.42. The van der Waals surface area contributed by atoms with Gasteiger partial charge in [-0.15, -0.1) is 0 Å². The number of rotatable bonds is 5. The smallest absolute Gasteiger partial charge is 0.125 e. The lowest BCUT2D eigenvalue weighted by Crippen LogP contribution is -2.25. The number of hydrogen-bond acceptors (Lipinski definition) is 2. The van der Waals surface area contributed by atoms with E-state index >= 15 is 0 Å². The zero-order valence-corrected chi connectivity index (χ0v) is 13.3. The van der Waals surface area contributed by atoms with Crippen molar-refractivity contribution in [1.82, 2.24) is 14.5 Å². The fourth-order valence-corrected chi connectivity index (χ4v) is 3.81. The van der Waals surface area contributed by atoms with E-state index in [4.69, 9.17) is 4.98 Å². The minimum atomic E-state index is -0.191. The van der Waals surface area contributed by atoms with Crippen LogP contribution in [-0.4, -0.2) is 27.5 Å². The van der Waals surface area contributed by atoms with Gasteiger partial charge in [-0.1, -0.05) is 13.3 Å². The van der Waals surface area contributed by atoms with Gasteiger partial charge in [-0.05, 0) is 43.7 Å². The minimum absolute atomic E-state index is 0.191. The van der Waals surface area contributed by atoms with E-state index in [1.165, 1.54) is 51.0 Å². The van der Waals surface area contributed by atoms with Gasteiger partial charge in [0.1, 0.15) is 11.6 Å². The van der Waals surface area contributed by atoms with Gasteiger partial charge in [0.05, 0.1) is 17.7 Å². The first kappa shape index (κ1) is 14.2. The standard InChI is InChI=1S/C18H24FN3/c1-2-3-13-8-9-21(11-13)12-22-17-7-6-15(19)10-16(17)20-18(22)14-4-5-14/h6-7,10,13-14H,2-5,8-9,11-12H2,1H3. The Morgan fingerprint density at radius 3 is 2.91 bits per heavy atom. The van der Waals surface area contributed by atoms with Crippen LogP contribution in [0.15, 0.2) is 18.2 Å². The van der Waals surface area contributed by atoms with Crippen LogP contribution in [0.1, 0.15) is 50.8 Å². The average molecular weight is 301 g/mol. The molecule has 4 rings (SSSR count). The SMILES string of the molecule is CCCC1CCN(Cn2c(C3CC3)nc3cc(F)ccc32)C1. The topological polar surface area (TPSA) is 21.1 Å². The molecule has 1 aromatic carbocycles. The maximum absolute atomic E-state index is 13.5. The lowest BCUT2D eigenvalue weighted by atomic mass is 10.0. The van der Waals surface area contributed by atoms with Crippen LogP contribution >= 0.6 is 0 Å². The number of nitrogens with zero attached hydrogens (tertiary/aromatic N) is 3. The van der Waals surface area contributed by atoms with E-state index in [9.17, 15) is 4.39 Å². The third-order valence-electron chi connectivity index (χ3n) is 5.09. The Balaban J connectivity index is 1.61. The molecule has 1 saturated carbocycles. The van der Waals surface area contributed by atoms with Crippen molar-refractivity contribution in [2.75, 3.05) is 13.1 Å². The molecule has 2 heterocycles. The molecule has 118 valence electrons. The Labute approximate surface area is 131 Å². The van der Waals surface area contributed by atoms with Gasteiger partial charge < -0.3 is 4.57 Å². The van der Waals surface area contributed by atoms with Crippen LogP contribution in [0.3, 0.4) is 0 Å². The van der Waals surface area contributed by atoms with E-state index in [2.05, 4.69) is 16.4 Å². The second-order valence-corrected chi connectivity index (χ2v) is 6.97. The predicted octanol–water partition coefficient (Wildman–Crippen LogP) is 4.13. The molecule has 2 aliphatic rings. The van der Waals surface area contributed by atoms with Crippen LogP contribution in [0.25, 0.3) is 11.0 Å². The molecule has 1 saturated heterocycles. The molecule has 2 fully saturated rings. The Kier molecular flexibility index (Phi) is 3.65. The molecule has 0 radical (unpaired) electrons. The lowest BCUT2D eigenvalue weighted by molar-refractivity contribution is 0.258. The van der Waals surface area contributed by atoms with Crippen molar-refractivity contribution < 1.29 is 4.39 Å². The molecule has 1 aliphatic carbocycles. The first-order valence-corrected chi connectivity index (χ1v) is 8.62. The normalized spacial score (nSPS) is 22.7. The van der Waals surface area contributed by atoms with Crippen LogP contribution in [0.4, 0.5) is 4.39 Å². The van der Waals surface area contributed by atoms with Gasteiger partial charge in [0.2, 0.25) is 0 Å². The van der Waals surface area contributed by atoms with Gasteiger partial charge in [-0.3, -0.25) is 4.90 Å². The summed E-state index contributed by atoms with van der Waals surface area (Å²) in [5.41, 5.74) is 1.90. The third kappa shape index (κ3) is 2.65. The first-order valence-electron chi connectivity index (χ1n) is 8.62. The van der Waals surface area contributed by atoms with Gasteiger partial charge >= 0.3 is 0 Å². The molecular formula is C18H24FN3. The van der Waals surface area contributed by atoms with Crippen molar-refractivity contribution in [2.45, 2.75) is 51.6 Å². The largest absolute Gasteiger partial charge is 0.314 e. The number of benzene rings is 1.